The van der Waals surface area contributed by atoms with E-state index in [-0.39, 0.29) is 17.1 Å². The summed E-state index contributed by atoms with van der Waals surface area (Å²) in [5.41, 5.74) is 1.36. The van der Waals surface area contributed by atoms with Gasteiger partial charge in [0, 0.05) is 17.3 Å². The van der Waals surface area contributed by atoms with E-state index in [1.54, 1.807) is 12.1 Å². The predicted octanol–water partition coefficient (Wildman–Crippen LogP) is 5.00. The van der Waals surface area contributed by atoms with Crippen molar-refractivity contribution in [2.45, 2.75) is 13.3 Å². The topological polar surface area (TPSA) is 79.9 Å². The summed E-state index contributed by atoms with van der Waals surface area (Å²) in [7, 11) is 0. The van der Waals surface area contributed by atoms with E-state index in [1.807, 2.05) is 12.3 Å². The molecule has 4 rings (SSSR count). The number of nitrogens with one attached hydrogen (secondary N) is 2. The Bertz CT molecular complexity index is 1230. The van der Waals surface area contributed by atoms with Crippen molar-refractivity contribution in [2.75, 3.05) is 5.32 Å². The lowest BCUT2D eigenvalue weighted by molar-refractivity contribution is -0.274. The summed E-state index contributed by atoms with van der Waals surface area (Å²) in [5.74, 6) is -0.0695. The maximum Gasteiger partial charge on any atom is 0.573 e. The first-order chi connectivity index (χ1) is 13.8. The number of aromatic amines is 1. The van der Waals surface area contributed by atoms with Crippen molar-refractivity contribution >= 4 is 33.6 Å². The largest absolute Gasteiger partial charge is 0.573 e. The fourth-order valence-corrected chi connectivity index (χ4v) is 3.40. The number of benzene rings is 1. The number of ether oxygens (including phenoxy) is 1. The first-order valence-corrected chi connectivity index (χ1v) is 9.24. The Morgan fingerprint density at radius 1 is 1.10 bits per heavy atom. The summed E-state index contributed by atoms with van der Waals surface area (Å²) in [6.45, 7) is 1.88. The zero-order valence-corrected chi connectivity index (χ0v) is 15.7. The van der Waals surface area contributed by atoms with Gasteiger partial charge < -0.3 is 15.0 Å². The molecule has 3 aromatic heterocycles. The summed E-state index contributed by atoms with van der Waals surface area (Å²) in [6, 6.07) is 8.68. The molecule has 2 N–H and O–H groups in total. The lowest BCUT2D eigenvalue weighted by Crippen LogP contribution is -2.17. The first-order valence-electron chi connectivity index (χ1n) is 8.36. The Morgan fingerprint density at radius 2 is 1.86 bits per heavy atom. The number of halogens is 3. The molecule has 4 aromatic rings. The highest BCUT2D eigenvalue weighted by molar-refractivity contribution is 7.09. The van der Waals surface area contributed by atoms with Gasteiger partial charge in [0.2, 0.25) is 0 Å². The van der Waals surface area contributed by atoms with Crippen LogP contribution >= 0.6 is 11.3 Å². The number of hydrogen-bond donors (Lipinski definition) is 2. The van der Waals surface area contributed by atoms with Crippen LogP contribution in [-0.2, 0) is 0 Å². The van der Waals surface area contributed by atoms with Gasteiger partial charge in [-0.1, -0.05) is 0 Å². The minimum Gasteiger partial charge on any atom is -0.406 e. The number of aryl methyl sites for hydroxylation is 1. The zero-order chi connectivity index (χ0) is 20.6. The second-order valence-corrected chi connectivity index (χ2v) is 7.14. The van der Waals surface area contributed by atoms with E-state index >= 15 is 0 Å². The lowest BCUT2D eigenvalue weighted by Gasteiger charge is -2.12. The smallest absolute Gasteiger partial charge is 0.406 e. The molecular weight excluding hydrogens is 405 g/mol. The zero-order valence-electron chi connectivity index (χ0n) is 14.9. The monoisotopic (exact) mass is 418 g/mol. The van der Waals surface area contributed by atoms with Crippen LogP contribution in [0.1, 0.15) is 5.01 Å². The predicted molar refractivity (Wildman–Crippen MR) is 105 cm³/mol. The first kappa shape index (κ1) is 18.9. The van der Waals surface area contributed by atoms with Crippen LogP contribution in [0.3, 0.4) is 0 Å². The summed E-state index contributed by atoms with van der Waals surface area (Å²) in [4.78, 5) is 23.9. The van der Waals surface area contributed by atoms with Gasteiger partial charge in [-0.25, -0.2) is 9.97 Å². The van der Waals surface area contributed by atoms with Crippen molar-refractivity contribution in [3.8, 4) is 17.1 Å². The van der Waals surface area contributed by atoms with Crippen LogP contribution in [0.15, 0.2) is 52.8 Å². The molecule has 29 heavy (non-hydrogen) atoms. The quantitative estimate of drug-likeness (QED) is 0.488. The number of pyridine rings is 2. The summed E-state index contributed by atoms with van der Waals surface area (Å²) in [6.07, 6.45) is -3.23. The minimum atomic E-state index is -4.76. The van der Waals surface area contributed by atoms with Gasteiger partial charge in [0.05, 0.1) is 21.8 Å². The number of aromatic nitrogens is 3. The highest BCUT2D eigenvalue weighted by Gasteiger charge is 2.31. The lowest BCUT2D eigenvalue weighted by atomic mass is 10.1. The highest BCUT2D eigenvalue weighted by atomic mass is 32.1. The Kier molecular flexibility index (Phi) is 4.71. The number of alkyl halides is 3. The van der Waals surface area contributed by atoms with E-state index in [0.717, 1.165) is 5.01 Å². The number of nitrogens with zero attached hydrogens (tertiary/aromatic N) is 2. The van der Waals surface area contributed by atoms with Gasteiger partial charge in [-0.2, -0.15) is 0 Å². The second-order valence-electron chi connectivity index (χ2n) is 6.08. The van der Waals surface area contributed by atoms with Crippen LogP contribution in [0.5, 0.6) is 5.75 Å². The Hall–Kier alpha value is -3.40. The minimum absolute atomic E-state index is 0.273. The SMILES string of the molecule is Cc1nc(-c2cc3cc[nH]c(=O)c3c(Nc3ccc(OC(F)(F)F)cc3)n2)cs1. The standard InChI is InChI=1S/C19H13F3N4O2S/c1-10-24-15(9-29-10)14-8-11-6-7-23-18(27)16(11)17(26-14)25-12-2-4-13(5-3-12)28-19(20,21)22/h2-9H,1H3,(H,23,27)(H,25,26). The number of H-pyrrole nitrogens is 1. The second kappa shape index (κ2) is 7.21. The van der Waals surface area contributed by atoms with Crippen molar-refractivity contribution in [3.05, 3.63) is 63.3 Å². The Balaban J connectivity index is 1.75. The molecule has 0 aliphatic rings. The summed E-state index contributed by atoms with van der Waals surface area (Å²) < 4.78 is 40.8. The van der Waals surface area contributed by atoms with Gasteiger partial charge in [-0.3, -0.25) is 4.79 Å². The van der Waals surface area contributed by atoms with E-state index in [9.17, 15) is 18.0 Å². The third kappa shape index (κ3) is 4.21. The number of fused-ring (bicyclic) bond motifs is 1. The molecule has 10 heteroatoms. The summed E-state index contributed by atoms with van der Waals surface area (Å²) in [5, 5.41) is 6.73. The number of anilines is 2. The van der Waals surface area contributed by atoms with Gasteiger partial charge in [-0.15, -0.1) is 24.5 Å². The van der Waals surface area contributed by atoms with Gasteiger partial charge in [0.15, 0.2) is 0 Å². The molecule has 3 heterocycles. The Morgan fingerprint density at radius 3 is 2.52 bits per heavy atom. The van der Waals surface area contributed by atoms with Crippen LogP contribution in [0.2, 0.25) is 0 Å². The number of thiazole rings is 1. The molecule has 0 unspecified atom stereocenters. The molecule has 0 amide bonds. The molecule has 0 bridgehead atoms. The molecule has 1 aromatic carbocycles. The van der Waals surface area contributed by atoms with Crippen molar-refractivity contribution in [3.63, 3.8) is 0 Å². The van der Waals surface area contributed by atoms with E-state index in [2.05, 4.69) is 25.0 Å². The summed E-state index contributed by atoms with van der Waals surface area (Å²) >= 11 is 1.48. The van der Waals surface area contributed by atoms with E-state index in [0.29, 0.717) is 27.8 Å². The molecule has 6 nitrogen and oxygen atoms in total. The van der Waals surface area contributed by atoms with E-state index in [4.69, 9.17) is 0 Å². The molecule has 0 saturated heterocycles. The van der Waals surface area contributed by atoms with Crippen LogP contribution in [0.25, 0.3) is 22.2 Å². The van der Waals surface area contributed by atoms with Crippen LogP contribution in [-0.4, -0.2) is 21.3 Å². The molecule has 0 radical (unpaired) electrons. The molecule has 0 saturated carbocycles. The van der Waals surface area contributed by atoms with Crippen LogP contribution in [0, 0.1) is 6.92 Å². The van der Waals surface area contributed by atoms with Gasteiger partial charge in [0.1, 0.15) is 11.6 Å². The van der Waals surface area contributed by atoms with Gasteiger partial charge >= 0.3 is 6.36 Å². The van der Waals surface area contributed by atoms with Crippen molar-refractivity contribution in [2.24, 2.45) is 0 Å². The molecule has 0 atom stereocenters. The fourth-order valence-electron chi connectivity index (χ4n) is 2.79. The number of hydrogen-bond acceptors (Lipinski definition) is 6. The molecule has 0 aliphatic heterocycles. The Labute approximate surface area is 166 Å². The van der Waals surface area contributed by atoms with Crippen molar-refractivity contribution in [1.29, 1.82) is 0 Å². The highest BCUT2D eigenvalue weighted by Crippen LogP contribution is 2.29. The van der Waals surface area contributed by atoms with Crippen molar-refractivity contribution in [1.82, 2.24) is 15.0 Å². The fraction of sp³-hybridized carbons (Fsp3) is 0.105. The number of rotatable bonds is 4. The molecular formula is C19H13F3N4O2S. The molecule has 0 spiro atoms. The molecule has 148 valence electrons. The average Bonchev–Trinajstić information content (AvgIpc) is 3.08. The van der Waals surface area contributed by atoms with Crippen LogP contribution < -0.4 is 15.6 Å². The maximum absolute atomic E-state index is 12.4. The third-order valence-corrected chi connectivity index (χ3v) is 4.76. The molecule has 0 aliphatic carbocycles. The maximum atomic E-state index is 12.4. The van der Waals surface area contributed by atoms with E-state index in [1.165, 1.54) is 41.8 Å². The normalized spacial score (nSPS) is 11.6. The van der Waals surface area contributed by atoms with Crippen LogP contribution in [0.4, 0.5) is 24.7 Å². The van der Waals surface area contributed by atoms with E-state index < -0.39 is 6.36 Å². The van der Waals surface area contributed by atoms with Crippen molar-refractivity contribution < 1.29 is 17.9 Å². The molecule has 0 fully saturated rings. The average molecular weight is 418 g/mol. The third-order valence-electron chi connectivity index (χ3n) is 3.99. The van der Waals surface area contributed by atoms with Gasteiger partial charge in [0.25, 0.3) is 5.56 Å². The van der Waals surface area contributed by atoms with Gasteiger partial charge in [-0.05, 0) is 48.7 Å².